The van der Waals surface area contributed by atoms with Gasteiger partial charge in [0.25, 0.3) is 5.78 Å². The van der Waals surface area contributed by atoms with Crippen molar-refractivity contribution in [2.75, 3.05) is 12.0 Å². The Kier molecular flexibility index (Phi) is 6.53. The number of carbonyl (C=O) groups is 2. The summed E-state index contributed by atoms with van der Waals surface area (Å²) in [7, 11) is 1.55. The van der Waals surface area contributed by atoms with Gasteiger partial charge in [-0.15, -0.1) is 0 Å². The van der Waals surface area contributed by atoms with E-state index in [4.69, 9.17) is 14.5 Å². The molecule has 0 aliphatic carbocycles. The van der Waals surface area contributed by atoms with Crippen LogP contribution in [-0.4, -0.2) is 28.9 Å². The minimum absolute atomic E-state index is 0.0255. The Morgan fingerprint density at radius 1 is 0.875 bits per heavy atom. The molecule has 40 heavy (non-hydrogen) atoms. The van der Waals surface area contributed by atoms with E-state index in [1.165, 1.54) is 16.2 Å². The largest absolute Gasteiger partial charge is 0.507 e. The third kappa shape index (κ3) is 4.58. The number of rotatable bonds is 6. The predicted molar refractivity (Wildman–Crippen MR) is 155 cm³/mol. The molecule has 0 saturated carbocycles. The Hall–Kier alpha value is -4.95. The molecule has 198 valence electrons. The van der Waals surface area contributed by atoms with Gasteiger partial charge < -0.3 is 14.6 Å². The number of nitrogens with zero attached hydrogens (tertiary/aromatic N) is 2. The molecule has 1 atom stereocenters. The van der Waals surface area contributed by atoms with Crippen LogP contribution in [-0.2, 0) is 9.59 Å². The summed E-state index contributed by atoms with van der Waals surface area (Å²) in [6.07, 6.45) is 0. The fourth-order valence-corrected chi connectivity index (χ4v) is 5.84. The summed E-state index contributed by atoms with van der Waals surface area (Å²) in [4.78, 5) is 33.2. The monoisotopic (exact) mass is 548 g/mol. The first-order chi connectivity index (χ1) is 19.4. The molecule has 4 aromatic carbocycles. The first-order valence-corrected chi connectivity index (χ1v) is 13.4. The molecule has 1 aliphatic rings. The number of carbonyl (C=O) groups excluding carboxylic acids is 2. The number of aliphatic hydroxyl groups excluding tert-OH is 1. The van der Waals surface area contributed by atoms with E-state index < -0.39 is 17.7 Å². The van der Waals surface area contributed by atoms with Gasteiger partial charge in [-0.05, 0) is 78.7 Å². The Morgan fingerprint density at radius 3 is 2.38 bits per heavy atom. The van der Waals surface area contributed by atoms with Gasteiger partial charge in [-0.25, -0.2) is 4.98 Å². The van der Waals surface area contributed by atoms with Crippen molar-refractivity contribution >= 4 is 44.1 Å². The van der Waals surface area contributed by atoms with Crippen LogP contribution in [0.5, 0.6) is 17.2 Å². The summed E-state index contributed by atoms with van der Waals surface area (Å²) in [5, 5.41) is 11.8. The lowest BCUT2D eigenvalue weighted by Crippen LogP contribution is -2.29. The highest BCUT2D eigenvalue weighted by molar-refractivity contribution is 7.22. The summed E-state index contributed by atoms with van der Waals surface area (Å²) in [6, 6.07) is 28.1. The van der Waals surface area contributed by atoms with Crippen LogP contribution < -0.4 is 14.4 Å². The van der Waals surface area contributed by atoms with Crippen molar-refractivity contribution in [1.82, 2.24) is 4.98 Å². The molecule has 8 heteroatoms. The number of ether oxygens (including phenoxy) is 2. The number of amides is 1. The lowest BCUT2D eigenvalue weighted by atomic mass is 9.95. The number of para-hydroxylation sites is 1. The second kappa shape index (κ2) is 10.3. The second-order valence-electron chi connectivity index (χ2n) is 9.35. The summed E-state index contributed by atoms with van der Waals surface area (Å²) in [5.74, 6) is -0.0515. The number of hydrogen-bond acceptors (Lipinski definition) is 7. The lowest BCUT2D eigenvalue weighted by molar-refractivity contribution is -0.132. The average Bonchev–Trinajstić information content (AvgIpc) is 3.50. The van der Waals surface area contributed by atoms with Crippen LogP contribution in [0.4, 0.5) is 5.13 Å². The van der Waals surface area contributed by atoms with Crippen molar-refractivity contribution < 1.29 is 24.2 Å². The van der Waals surface area contributed by atoms with E-state index in [1.54, 1.807) is 55.6 Å². The second-order valence-corrected chi connectivity index (χ2v) is 10.4. The molecule has 1 fully saturated rings. The zero-order valence-corrected chi connectivity index (χ0v) is 22.5. The number of aliphatic hydroxyl groups is 1. The molecule has 1 saturated heterocycles. The number of ketones is 1. The Balaban J connectivity index is 1.51. The summed E-state index contributed by atoms with van der Waals surface area (Å²) >= 11 is 1.32. The highest BCUT2D eigenvalue weighted by Gasteiger charge is 2.48. The van der Waals surface area contributed by atoms with Crippen molar-refractivity contribution in [3.8, 4) is 17.2 Å². The predicted octanol–water partition coefficient (Wildman–Crippen LogP) is 7.03. The molecule has 2 heterocycles. The summed E-state index contributed by atoms with van der Waals surface area (Å²) in [5.41, 5.74) is 2.75. The molecular weight excluding hydrogens is 524 g/mol. The molecule has 0 radical (unpaired) electrons. The number of Topliss-reactive ketones (excluding diaryl/α,β-unsaturated/α-hetero) is 1. The van der Waals surface area contributed by atoms with E-state index in [9.17, 15) is 14.7 Å². The smallest absolute Gasteiger partial charge is 0.301 e. The normalized spacial score (nSPS) is 16.4. The minimum atomic E-state index is -0.928. The van der Waals surface area contributed by atoms with Gasteiger partial charge >= 0.3 is 5.91 Å². The first-order valence-electron chi connectivity index (χ1n) is 12.6. The SMILES string of the molecule is COc1ccc(/C(O)=C2\C(=O)C(=O)N(c3nc4ccc(C)cc4s3)C2c2cccc(Oc3ccccc3)c2)cc1. The number of thiazole rings is 1. The molecule has 1 aromatic heterocycles. The topological polar surface area (TPSA) is 89.0 Å². The van der Waals surface area contributed by atoms with Crippen molar-refractivity contribution in [3.63, 3.8) is 0 Å². The number of benzene rings is 4. The molecule has 6 rings (SSSR count). The molecule has 5 aromatic rings. The van der Waals surface area contributed by atoms with Crippen LogP contribution in [0.15, 0.2) is 103 Å². The van der Waals surface area contributed by atoms with E-state index in [1.807, 2.05) is 55.5 Å². The van der Waals surface area contributed by atoms with E-state index in [0.717, 1.165) is 15.8 Å². The van der Waals surface area contributed by atoms with Crippen molar-refractivity contribution in [1.29, 1.82) is 0 Å². The average molecular weight is 549 g/mol. The molecular formula is C32H24N2O5S. The standard InChI is InChI=1S/C32H24N2O5S/c1-19-11-16-25-26(17-19)40-32(33-25)34-28(21-7-6-10-24(18-21)39-23-8-4-3-5-9-23)27(30(36)31(34)37)29(35)20-12-14-22(38-2)15-13-20/h3-18,28,35H,1-2H3/b29-27+. The zero-order chi connectivity index (χ0) is 27.8. The minimum Gasteiger partial charge on any atom is -0.507 e. The van der Waals surface area contributed by atoms with Gasteiger partial charge in [0.2, 0.25) is 0 Å². The van der Waals surface area contributed by atoms with Gasteiger partial charge in [-0.2, -0.15) is 0 Å². The van der Waals surface area contributed by atoms with Gasteiger partial charge in [0.15, 0.2) is 5.13 Å². The van der Waals surface area contributed by atoms with Gasteiger partial charge in [0.05, 0.1) is 28.9 Å². The molecule has 1 amide bonds. The van der Waals surface area contributed by atoms with Crippen molar-refractivity contribution in [2.45, 2.75) is 13.0 Å². The third-order valence-electron chi connectivity index (χ3n) is 6.70. The van der Waals surface area contributed by atoms with E-state index in [-0.39, 0.29) is 11.3 Å². The van der Waals surface area contributed by atoms with Crippen LogP contribution in [0, 0.1) is 6.92 Å². The molecule has 1 N–H and O–H groups in total. The van der Waals surface area contributed by atoms with Crippen molar-refractivity contribution in [2.24, 2.45) is 0 Å². The van der Waals surface area contributed by atoms with Crippen LogP contribution >= 0.6 is 11.3 Å². The Labute approximate surface area is 234 Å². The summed E-state index contributed by atoms with van der Waals surface area (Å²) < 4.78 is 12.2. The maximum absolute atomic E-state index is 13.6. The Bertz CT molecular complexity index is 1780. The van der Waals surface area contributed by atoms with Gasteiger partial charge in [-0.1, -0.05) is 47.7 Å². The van der Waals surface area contributed by atoms with E-state index in [0.29, 0.717) is 33.5 Å². The highest BCUT2D eigenvalue weighted by atomic mass is 32.1. The van der Waals surface area contributed by atoms with E-state index in [2.05, 4.69) is 0 Å². The molecule has 1 aliphatic heterocycles. The number of aromatic nitrogens is 1. The van der Waals surface area contributed by atoms with Crippen LogP contribution in [0.25, 0.3) is 16.0 Å². The molecule has 0 spiro atoms. The van der Waals surface area contributed by atoms with Gasteiger partial charge in [0.1, 0.15) is 23.0 Å². The third-order valence-corrected chi connectivity index (χ3v) is 7.72. The number of hydrogen-bond donors (Lipinski definition) is 1. The maximum Gasteiger partial charge on any atom is 0.301 e. The van der Waals surface area contributed by atoms with Crippen LogP contribution in [0.1, 0.15) is 22.7 Å². The van der Waals surface area contributed by atoms with Gasteiger partial charge in [-0.3, -0.25) is 14.5 Å². The quantitative estimate of drug-likeness (QED) is 0.139. The number of fused-ring (bicyclic) bond motifs is 1. The molecule has 1 unspecified atom stereocenters. The number of anilines is 1. The number of methoxy groups -OCH3 is 1. The fraction of sp³-hybridized carbons (Fsp3) is 0.0938. The van der Waals surface area contributed by atoms with Gasteiger partial charge in [0, 0.05) is 5.56 Å². The first kappa shape index (κ1) is 25.3. The Morgan fingerprint density at radius 2 is 1.62 bits per heavy atom. The fourth-order valence-electron chi connectivity index (χ4n) is 4.75. The molecule has 0 bridgehead atoms. The lowest BCUT2D eigenvalue weighted by Gasteiger charge is -2.23. The summed E-state index contributed by atoms with van der Waals surface area (Å²) in [6.45, 7) is 1.98. The highest BCUT2D eigenvalue weighted by Crippen LogP contribution is 2.45. The van der Waals surface area contributed by atoms with E-state index >= 15 is 0 Å². The zero-order valence-electron chi connectivity index (χ0n) is 21.7. The van der Waals surface area contributed by atoms with Crippen molar-refractivity contribution in [3.05, 3.63) is 119 Å². The van der Waals surface area contributed by atoms with Crippen LogP contribution in [0.3, 0.4) is 0 Å². The number of aryl methyl sites for hydroxylation is 1. The van der Waals surface area contributed by atoms with Crippen LogP contribution in [0.2, 0.25) is 0 Å². The molecule has 7 nitrogen and oxygen atoms in total. The maximum atomic E-state index is 13.6.